The van der Waals surface area contributed by atoms with Crippen molar-refractivity contribution in [3.8, 4) is 0 Å². The maximum atomic E-state index is 14.0. The van der Waals surface area contributed by atoms with Gasteiger partial charge in [0.25, 0.3) is 0 Å². The summed E-state index contributed by atoms with van der Waals surface area (Å²) < 4.78 is 0. The fourth-order valence-electron chi connectivity index (χ4n) is 8.31. The highest BCUT2D eigenvalue weighted by molar-refractivity contribution is 6.23. The van der Waals surface area contributed by atoms with Crippen LogP contribution in [-0.4, -0.2) is 23.6 Å². The molecular weight excluding hydrogens is 500 g/mol. The largest absolute Gasteiger partial charge is 0.274 e. The number of benzene rings is 3. The van der Waals surface area contributed by atoms with Crippen LogP contribution in [0.5, 0.6) is 0 Å². The summed E-state index contributed by atoms with van der Waals surface area (Å²) >= 11 is 0. The van der Waals surface area contributed by atoms with E-state index in [1.54, 1.807) is 12.1 Å². The fourth-order valence-corrected chi connectivity index (χ4v) is 8.31. The van der Waals surface area contributed by atoms with Gasteiger partial charge < -0.3 is 0 Å². The van der Waals surface area contributed by atoms with Gasteiger partial charge in [0.1, 0.15) is 0 Å². The summed E-state index contributed by atoms with van der Waals surface area (Å²) in [4.78, 5) is 58.2. The molecule has 2 aliphatic carbocycles. The monoisotopic (exact) mass is 532 g/mol. The first kappa shape index (κ1) is 24.9. The lowest BCUT2D eigenvalue weighted by molar-refractivity contribution is -0.137. The van der Waals surface area contributed by atoms with Gasteiger partial charge in [0, 0.05) is 0 Å². The Morgan fingerprint density at radius 1 is 0.550 bits per heavy atom. The van der Waals surface area contributed by atoms with E-state index in [0.717, 1.165) is 19.3 Å². The van der Waals surface area contributed by atoms with Crippen molar-refractivity contribution in [1.29, 1.82) is 0 Å². The number of imide groups is 2. The fraction of sp³-hybridized carbons (Fsp3) is 0.353. The number of anilines is 2. The molecule has 7 atom stereocenters. The van der Waals surface area contributed by atoms with Gasteiger partial charge in [-0.15, -0.1) is 0 Å². The molecule has 2 saturated carbocycles. The first-order chi connectivity index (χ1) is 19.5. The number of aryl methyl sites for hydroxylation is 1. The summed E-state index contributed by atoms with van der Waals surface area (Å²) in [6, 6.07) is 28.6. The maximum absolute atomic E-state index is 14.0. The van der Waals surface area contributed by atoms with Crippen molar-refractivity contribution >= 4 is 35.0 Å². The molecule has 0 spiro atoms. The summed E-state index contributed by atoms with van der Waals surface area (Å²) in [7, 11) is 0. The van der Waals surface area contributed by atoms with E-state index in [9.17, 15) is 19.2 Å². The molecular formula is C34H32N2O4. The molecule has 2 heterocycles. The van der Waals surface area contributed by atoms with Crippen molar-refractivity contribution in [3.63, 3.8) is 0 Å². The molecule has 2 aliphatic heterocycles. The van der Waals surface area contributed by atoms with Gasteiger partial charge in [-0.1, -0.05) is 66.7 Å². The van der Waals surface area contributed by atoms with Crippen molar-refractivity contribution in [1.82, 2.24) is 0 Å². The zero-order valence-corrected chi connectivity index (χ0v) is 22.3. The second-order valence-electron chi connectivity index (χ2n) is 11.8. The number of carbonyl (C=O) groups excluding carboxylic acids is 4. The van der Waals surface area contributed by atoms with E-state index < -0.39 is 17.8 Å². The van der Waals surface area contributed by atoms with Crippen LogP contribution in [0.2, 0.25) is 0 Å². The van der Waals surface area contributed by atoms with Crippen molar-refractivity contribution in [2.45, 2.75) is 32.1 Å². The predicted octanol–water partition coefficient (Wildman–Crippen LogP) is 5.28. The van der Waals surface area contributed by atoms with Crippen LogP contribution in [-0.2, 0) is 25.6 Å². The number of hydrogen-bond donors (Lipinski definition) is 0. The molecule has 6 nitrogen and oxygen atoms in total. The van der Waals surface area contributed by atoms with Crippen LogP contribution in [0.4, 0.5) is 11.4 Å². The Hall–Kier alpha value is -4.06. The first-order valence-electron chi connectivity index (χ1n) is 14.4. The molecule has 4 amide bonds. The number of para-hydroxylation sites is 2. The zero-order valence-electron chi connectivity index (χ0n) is 22.3. The molecule has 3 aromatic carbocycles. The van der Waals surface area contributed by atoms with E-state index in [1.807, 2.05) is 66.7 Å². The average molecular weight is 533 g/mol. The molecule has 1 unspecified atom stereocenters. The van der Waals surface area contributed by atoms with E-state index in [2.05, 4.69) is 12.1 Å². The second-order valence-corrected chi connectivity index (χ2v) is 11.8. The van der Waals surface area contributed by atoms with E-state index in [-0.39, 0.29) is 47.3 Å². The molecule has 0 N–H and O–H groups in total. The zero-order chi connectivity index (χ0) is 27.4. The third-order valence-corrected chi connectivity index (χ3v) is 9.95. The smallest absolute Gasteiger partial charge is 0.237 e. The van der Waals surface area contributed by atoms with Gasteiger partial charge in [0.15, 0.2) is 0 Å². The summed E-state index contributed by atoms with van der Waals surface area (Å²) in [6.07, 6.45) is 3.50. The van der Waals surface area contributed by atoms with Crippen LogP contribution < -0.4 is 9.80 Å². The van der Waals surface area contributed by atoms with Crippen molar-refractivity contribution in [3.05, 3.63) is 96.6 Å². The Labute approximate surface area is 234 Å². The Morgan fingerprint density at radius 3 is 1.68 bits per heavy atom. The summed E-state index contributed by atoms with van der Waals surface area (Å²) in [5.41, 5.74) is 2.42. The highest BCUT2D eigenvalue weighted by Gasteiger charge is 2.63. The Balaban J connectivity index is 1.26. The van der Waals surface area contributed by atoms with Crippen molar-refractivity contribution in [2.24, 2.45) is 41.4 Å². The number of rotatable bonds is 5. The van der Waals surface area contributed by atoms with E-state index in [0.29, 0.717) is 24.2 Å². The van der Waals surface area contributed by atoms with Crippen LogP contribution in [0, 0.1) is 41.4 Å². The lowest BCUT2D eigenvalue weighted by Crippen LogP contribution is -2.49. The summed E-state index contributed by atoms with van der Waals surface area (Å²) in [6.45, 7) is 0. The predicted molar refractivity (Wildman–Crippen MR) is 151 cm³/mol. The molecule has 4 fully saturated rings. The van der Waals surface area contributed by atoms with Gasteiger partial charge >= 0.3 is 0 Å². The number of carbonyl (C=O) groups is 4. The number of hydrogen-bond acceptors (Lipinski definition) is 4. The third kappa shape index (κ3) is 3.84. The second kappa shape index (κ2) is 9.84. The van der Waals surface area contributed by atoms with Crippen molar-refractivity contribution < 1.29 is 19.2 Å². The Bertz CT molecular complexity index is 1460. The van der Waals surface area contributed by atoms with E-state index in [1.165, 1.54) is 15.4 Å². The number of nitrogens with zero attached hydrogens (tertiary/aromatic N) is 2. The van der Waals surface area contributed by atoms with Crippen LogP contribution in [0.1, 0.15) is 31.2 Å². The normalized spacial score (nSPS) is 31.2. The molecule has 40 heavy (non-hydrogen) atoms. The number of amides is 4. The molecule has 4 aliphatic rings. The third-order valence-electron chi connectivity index (χ3n) is 9.95. The topological polar surface area (TPSA) is 74.8 Å². The minimum Gasteiger partial charge on any atom is -0.274 e. The van der Waals surface area contributed by atoms with Gasteiger partial charge in [0.05, 0.1) is 35.0 Å². The van der Waals surface area contributed by atoms with Crippen LogP contribution in [0.3, 0.4) is 0 Å². The molecule has 0 aromatic heterocycles. The molecule has 2 saturated heterocycles. The lowest BCUT2D eigenvalue weighted by atomic mass is 9.53. The van der Waals surface area contributed by atoms with Crippen LogP contribution in [0.15, 0.2) is 91.0 Å². The molecule has 3 aromatic rings. The quantitative estimate of drug-likeness (QED) is 0.419. The lowest BCUT2D eigenvalue weighted by Gasteiger charge is -2.48. The molecule has 7 rings (SSSR count). The number of fused-ring (bicyclic) bond motifs is 4. The van der Waals surface area contributed by atoms with Crippen LogP contribution in [0.25, 0.3) is 0 Å². The molecule has 202 valence electrons. The standard InChI is InChI=1S/C34H32N2O4/c37-31-26-19-18-24-25(17-16-21-10-4-1-5-11-21)29-28(32(38)36(33(29)39)23-14-8-3-9-15-23)20-27(24)30(26)34(40)35(31)22-12-6-2-7-13-22/h1-15,24-30H,16-20H2/t24?,25-,26-,27+,28+,29-,30-/m0/s1. The minimum atomic E-state index is -0.470. The summed E-state index contributed by atoms with van der Waals surface area (Å²) in [5.74, 6) is -2.22. The summed E-state index contributed by atoms with van der Waals surface area (Å²) in [5, 5.41) is 0. The minimum absolute atomic E-state index is 0.0243. The van der Waals surface area contributed by atoms with Gasteiger partial charge in [-0.25, -0.2) is 0 Å². The van der Waals surface area contributed by atoms with E-state index >= 15 is 0 Å². The van der Waals surface area contributed by atoms with E-state index in [4.69, 9.17) is 0 Å². The highest BCUT2D eigenvalue weighted by atomic mass is 16.2. The van der Waals surface area contributed by atoms with Gasteiger partial charge in [-0.05, 0) is 79.7 Å². The molecule has 6 heteroatoms. The highest BCUT2D eigenvalue weighted by Crippen LogP contribution is 2.58. The van der Waals surface area contributed by atoms with Crippen molar-refractivity contribution in [2.75, 3.05) is 9.80 Å². The van der Waals surface area contributed by atoms with Gasteiger partial charge in [0.2, 0.25) is 23.6 Å². The first-order valence-corrected chi connectivity index (χ1v) is 14.4. The SMILES string of the molecule is O=C1[C@@H]2[C@@H](C[C@@H]3C(CC[C@@H]4C(=O)N(c5ccccc5)C(=O)[C@@H]43)[C@@H]2CCc2ccccc2)C(=O)N1c1ccccc1. The average Bonchev–Trinajstić information content (AvgIpc) is 3.40. The Morgan fingerprint density at radius 2 is 1.07 bits per heavy atom. The van der Waals surface area contributed by atoms with Crippen LogP contribution >= 0.6 is 0 Å². The Kier molecular flexibility index (Phi) is 6.14. The van der Waals surface area contributed by atoms with Gasteiger partial charge in [-0.2, -0.15) is 0 Å². The van der Waals surface area contributed by atoms with Gasteiger partial charge in [-0.3, -0.25) is 29.0 Å². The maximum Gasteiger partial charge on any atom is 0.237 e. The molecule has 0 radical (unpaired) electrons. The molecule has 0 bridgehead atoms.